The predicted octanol–water partition coefficient (Wildman–Crippen LogP) is 5.91. The van der Waals surface area contributed by atoms with E-state index < -0.39 is 11.4 Å². The van der Waals surface area contributed by atoms with Crippen LogP contribution in [0, 0.1) is 5.41 Å². The first-order chi connectivity index (χ1) is 9.82. The van der Waals surface area contributed by atoms with E-state index in [0.29, 0.717) is 6.42 Å². The first-order valence-electron chi connectivity index (χ1n) is 8.11. The number of hydrogen-bond acceptors (Lipinski definition) is 1. The van der Waals surface area contributed by atoms with Crippen LogP contribution in [-0.4, -0.2) is 11.1 Å². The van der Waals surface area contributed by atoms with E-state index in [9.17, 15) is 9.90 Å². The van der Waals surface area contributed by atoms with Crippen molar-refractivity contribution in [3.63, 3.8) is 0 Å². The number of benzene rings is 1. The lowest BCUT2D eigenvalue weighted by Crippen LogP contribution is -2.34. The Morgan fingerprint density at radius 2 is 1.43 bits per heavy atom. The summed E-state index contributed by atoms with van der Waals surface area (Å²) in [5.74, 6) is -0.729. The Bertz CT molecular complexity index is 382. The van der Waals surface area contributed by atoms with Gasteiger partial charge < -0.3 is 5.11 Å². The topological polar surface area (TPSA) is 37.3 Å². The smallest absolute Gasteiger partial charge is 0.309 e. The molecule has 0 aliphatic heterocycles. The zero-order valence-corrected chi connectivity index (χ0v) is 15.2. The zero-order valence-electron chi connectivity index (χ0n) is 15.2. The van der Waals surface area contributed by atoms with Gasteiger partial charge >= 0.3 is 5.97 Å². The van der Waals surface area contributed by atoms with Gasteiger partial charge in [0, 0.05) is 0 Å². The highest BCUT2D eigenvalue weighted by atomic mass is 16.4. The molecule has 0 fully saturated rings. The van der Waals surface area contributed by atoms with Crippen molar-refractivity contribution >= 4 is 5.97 Å². The van der Waals surface area contributed by atoms with Crippen molar-refractivity contribution < 1.29 is 9.90 Å². The minimum atomic E-state index is -0.729. The zero-order chi connectivity index (χ0) is 17.1. The van der Waals surface area contributed by atoms with Crippen LogP contribution in [-0.2, 0) is 10.2 Å². The highest BCUT2D eigenvalue weighted by Gasteiger charge is 2.37. The minimum Gasteiger partial charge on any atom is -0.481 e. The van der Waals surface area contributed by atoms with Crippen molar-refractivity contribution in [3.8, 4) is 0 Å². The highest BCUT2D eigenvalue weighted by molar-refractivity contribution is 5.73. The van der Waals surface area contributed by atoms with Crippen LogP contribution in [0.1, 0.15) is 73.8 Å². The SMILES string of the molecule is CC.CC.CCC(C)(CC(C)(C)C(=O)O)c1ccccc1. The first-order valence-corrected chi connectivity index (χ1v) is 8.11. The number of hydrogen-bond donors (Lipinski definition) is 1. The lowest BCUT2D eigenvalue weighted by atomic mass is 9.69. The molecule has 1 atom stereocenters. The molecule has 122 valence electrons. The molecule has 0 saturated carbocycles. The van der Waals surface area contributed by atoms with Gasteiger partial charge in [0.15, 0.2) is 0 Å². The maximum absolute atomic E-state index is 11.2. The summed E-state index contributed by atoms with van der Waals surface area (Å²) in [6.45, 7) is 15.9. The molecule has 0 amide bonds. The van der Waals surface area contributed by atoms with Gasteiger partial charge in [-0.05, 0) is 37.7 Å². The highest BCUT2D eigenvalue weighted by Crippen LogP contribution is 2.39. The van der Waals surface area contributed by atoms with Crippen LogP contribution in [0.25, 0.3) is 0 Å². The quantitative estimate of drug-likeness (QED) is 0.733. The normalized spacial score (nSPS) is 13.0. The monoisotopic (exact) mass is 294 g/mol. The van der Waals surface area contributed by atoms with E-state index in [2.05, 4.69) is 26.0 Å². The van der Waals surface area contributed by atoms with Crippen LogP contribution in [0.4, 0.5) is 0 Å². The maximum atomic E-state index is 11.2. The van der Waals surface area contributed by atoms with Gasteiger partial charge in [-0.2, -0.15) is 0 Å². The van der Waals surface area contributed by atoms with Crippen molar-refractivity contribution in [2.45, 2.75) is 73.6 Å². The molecule has 2 heteroatoms. The number of carboxylic acids is 1. The van der Waals surface area contributed by atoms with Gasteiger partial charge in [-0.15, -0.1) is 0 Å². The number of carboxylic acid groups (broad SMARTS) is 1. The minimum absolute atomic E-state index is 0.0802. The van der Waals surface area contributed by atoms with Gasteiger partial charge in [0.1, 0.15) is 0 Å². The molecule has 0 aliphatic rings. The van der Waals surface area contributed by atoms with E-state index >= 15 is 0 Å². The molecule has 0 aliphatic carbocycles. The van der Waals surface area contributed by atoms with Crippen molar-refractivity contribution in [3.05, 3.63) is 35.9 Å². The molecule has 0 spiro atoms. The maximum Gasteiger partial charge on any atom is 0.309 e. The third-order valence-corrected chi connectivity index (χ3v) is 3.66. The van der Waals surface area contributed by atoms with Gasteiger partial charge in [0.05, 0.1) is 5.41 Å². The van der Waals surface area contributed by atoms with Gasteiger partial charge in [0.25, 0.3) is 0 Å². The van der Waals surface area contributed by atoms with E-state index in [1.54, 1.807) is 13.8 Å². The first kappa shape index (κ1) is 22.0. The number of rotatable bonds is 5. The molecule has 0 aromatic heterocycles. The molecule has 21 heavy (non-hydrogen) atoms. The Hall–Kier alpha value is -1.31. The lowest BCUT2D eigenvalue weighted by molar-refractivity contribution is -0.148. The Balaban J connectivity index is 0. The molecule has 1 aromatic rings. The number of aliphatic carboxylic acids is 1. The van der Waals surface area contributed by atoms with Crippen LogP contribution >= 0.6 is 0 Å². The van der Waals surface area contributed by atoms with Crippen molar-refractivity contribution in [1.82, 2.24) is 0 Å². The summed E-state index contributed by atoms with van der Waals surface area (Å²) in [6.07, 6.45) is 1.59. The van der Waals surface area contributed by atoms with Gasteiger partial charge in [-0.3, -0.25) is 4.79 Å². The van der Waals surface area contributed by atoms with Crippen LogP contribution < -0.4 is 0 Å². The molecule has 1 aromatic carbocycles. The van der Waals surface area contributed by atoms with Gasteiger partial charge in [0.2, 0.25) is 0 Å². The molecule has 1 rings (SSSR count). The third kappa shape index (κ3) is 6.79. The summed E-state index contributed by atoms with van der Waals surface area (Å²) in [5.41, 5.74) is 0.445. The molecule has 2 nitrogen and oxygen atoms in total. The summed E-state index contributed by atoms with van der Waals surface area (Å²) in [7, 11) is 0. The Morgan fingerprint density at radius 3 is 1.76 bits per heavy atom. The summed E-state index contributed by atoms with van der Waals surface area (Å²) in [5, 5.41) is 9.25. The number of carbonyl (C=O) groups is 1. The standard InChI is InChI=1S/C15H22O2.2C2H6/c1-5-15(4,11-14(2,3)13(16)17)12-9-7-6-8-10-12;2*1-2/h6-10H,5,11H2,1-4H3,(H,16,17);2*1-2H3. The van der Waals surface area contributed by atoms with E-state index in [1.165, 1.54) is 5.56 Å². The van der Waals surface area contributed by atoms with E-state index in [-0.39, 0.29) is 5.41 Å². The summed E-state index contributed by atoms with van der Waals surface area (Å²) in [4.78, 5) is 11.2. The average Bonchev–Trinajstić information content (AvgIpc) is 2.51. The fraction of sp³-hybridized carbons (Fsp3) is 0.632. The fourth-order valence-electron chi connectivity index (χ4n) is 2.32. The molecular weight excluding hydrogens is 260 g/mol. The Labute approximate surface area is 131 Å². The molecule has 0 heterocycles. The van der Waals surface area contributed by atoms with Crippen molar-refractivity contribution in [1.29, 1.82) is 0 Å². The van der Waals surface area contributed by atoms with Crippen LogP contribution in [0.15, 0.2) is 30.3 Å². The van der Waals surface area contributed by atoms with Gasteiger partial charge in [-0.1, -0.05) is 71.9 Å². The largest absolute Gasteiger partial charge is 0.481 e. The molecule has 1 N–H and O–H groups in total. The molecule has 0 saturated heterocycles. The van der Waals surface area contributed by atoms with E-state index in [0.717, 1.165) is 6.42 Å². The predicted molar refractivity (Wildman–Crippen MR) is 92.8 cm³/mol. The molecule has 0 bridgehead atoms. The second kappa shape index (κ2) is 10.4. The van der Waals surface area contributed by atoms with E-state index in [1.807, 2.05) is 45.9 Å². The summed E-state index contributed by atoms with van der Waals surface area (Å²) < 4.78 is 0. The second-order valence-electron chi connectivity index (χ2n) is 5.65. The van der Waals surface area contributed by atoms with Crippen molar-refractivity contribution in [2.75, 3.05) is 0 Å². The van der Waals surface area contributed by atoms with E-state index in [4.69, 9.17) is 0 Å². The third-order valence-electron chi connectivity index (χ3n) is 3.66. The second-order valence-corrected chi connectivity index (χ2v) is 5.65. The van der Waals surface area contributed by atoms with Gasteiger partial charge in [-0.25, -0.2) is 0 Å². The molecule has 0 radical (unpaired) electrons. The molecule has 1 unspecified atom stereocenters. The Kier molecular flexibility index (Phi) is 10.9. The Morgan fingerprint density at radius 1 is 1.00 bits per heavy atom. The molecular formula is C19H34O2. The average molecular weight is 294 g/mol. The lowest BCUT2D eigenvalue weighted by Gasteiger charge is -2.35. The van der Waals surface area contributed by atoms with Crippen molar-refractivity contribution in [2.24, 2.45) is 5.41 Å². The van der Waals surface area contributed by atoms with Crippen LogP contribution in [0.3, 0.4) is 0 Å². The fourth-order valence-corrected chi connectivity index (χ4v) is 2.32. The summed E-state index contributed by atoms with van der Waals surface area (Å²) >= 11 is 0. The summed E-state index contributed by atoms with van der Waals surface area (Å²) in [6, 6.07) is 10.2. The van der Waals surface area contributed by atoms with Crippen LogP contribution in [0.5, 0.6) is 0 Å². The van der Waals surface area contributed by atoms with Crippen LogP contribution in [0.2, 0.25) is 0 Å².